The number of carbonyl (C=O) groups is 1. The maximum atomic E-state index is 16.2. The summed E-state index contributed by atoms with van der Waals surface area (Å²) in [5.41, 5.74) is 0.271. The molecule has 226 valence electrons. The highest BCUT2D eigenvalue weighted by Gasteiger charge is 2.55. The normalized spacial score (nSPS) is 24.3. The third-order valence-corrected chi connectivity index (χ3v) is 8.62. The second kappa shape index (κ2) is 13.0. The predicted octanol–water partition coefficient (Wildman–Crippen LogP) is 5.02. The minimum atomic E-state index is -3.56. The van der Waals surface area contributed by atoms with E-state index in [1.54, 1.807) is 20.8 Å². The van der Waals surface area contributed by atoms with E-state index in [2.05, 4.69) is 25.4 Å². The lowest BCUT2D eigenvalue weighted by atomic mass is 9.79. The van der Waals surface area contributed by atoms with Crippen molar-refractivity contribution in [1.29, 1.82) is 5.26 Å². The Balaban J connectivity index is 1.54. The lowest BCUT2D eigenvalue weighted by Crippen LogP contribution is -2.39. The highest BCUT2D eigenvalue weighted by molar-refractivity contribution is 7.56. The number of hydrogen-bond acceptors (Lipinski definition) is 10. The molecule has 0 amide bonds. The van der Waals surface area contributed by atoms with Gasteiger partial charge in [-0.3, -0.25) is 13.9 Å². The number of ether oxygens (including phenoxy) is 2. The maximum Gasteiger partial charge on any atom is 0.323 e. The van der Waals surface area contributed by atoms with Gasteiger partial charge in [-0.25, -0.2) is 14.5 Å². The molecule has 0 radical (unpaired) electrons. The topological polar surface area (TPSA) is 153 Å². The summed E-state index contributed by atoms with van der Waals surface area (Å²) in [6.07, 6.45) is -3.07. The number of aromatic nitrogens is 4. The Labute approximate surface area is 248 Å². The van der Waals surface area contributed by atoms with Crippen LogP contribution in [-0.2, 0) is 29.9 Å². The quantitative estimate of drug-likeness (QED) is 0.159. The Bertz CT molecular complexity index is 1500. The van der Waals surface area contributed by atoms with Crippen LogP contribution in [0.5, 0.6) is 0 Å². The third kappa shape index (κ3) is 7.07. The Morgan fingerprint density at radius 1 is 1.31 bits per heavy atom. The monoisotopic (exact) mass is 621 g/mol. The summed E-state index contributed by atoms with van der Waals surface area (Å²) in [5.74, 6) is -0.222. The fraction of sp³-hybridized carbons (Fsp3) is 0.519. The van der Waals surface area contributed by atoms with E-state index in [0.29, 0.717) is 17.9 Å². The van der Waals surface area contributed by atoms with Gasteiger partial charge in [-0.15, -0.1) is 0 Å². The van der Waals surface area contributed by atoms with Gasteiger partial charge in [-0.1, -0.05) is 37.3 Å². The number of benzene rings is 1. The van der Waals surface area contributed by atoms with E-state index >= 15 is 4.39 Å². The first-order chi connectivity index (χ1) is 19.8. The number of nitrogens with zero attached hydrogens (tertiary/aromatic N) is 5. The number of anilines is 1. The Hall–Kier alpha value is -3.14. The molecule has 2 aromatic heterocycles. The highest BCUT2D eigenvalue weighted by Crippen LogP contribution is 2.50. The minimum Gasteiger partial charge on any atom is -0.462 e. The van der Waals surface area contributed by atoms with Crippen LogP contribution in [0.25, 0.3) is 11.2 Å². The molecule has 0 bridgehead atoms. The predicted molar refractivity (Wildman–Crippen MR) is 155 cm³/mol. The molecular weight excluding hydrogens is 588 g/mol. The summed E-state index contributed by atoms with van der Waals surface area (Å²) in [7, 11) is -3.56. The van der Waals surface area contributed by atoms with E-state index in [1.807, 2.05) is 36.4 Å². The number of nitriles is 1. The van der Waals surface area contributed by atoms with Gasteiger partial charge in [-0.2, -0.15) is 15.2 Å². The summed E-state index contributed by atoms with van der Waals surface area (Å²) >= 11 is 6.23. The molecule has 42 heavy (non-hydrogen) atoms. The molecule has 15 heteroatoms. The number of halogens is 2. The first-order valence-electron chi connectivity index (χ1n) is 13.4. The van der Waals surface area contributed by atoms with E-state index in [4.69, 9.17) is 25.6 Å². The van der Waals surface area contributed by atoms with Crippen molar-refractivity contribution in [2.75, 3.05) is 18.6 Å². The van der Waals surface area contributed by atoms with Crippen LogP contribution in [0.2, 0.25) is 5.28 Å². The number of rotatable bonds is 12. The van der Waals surface area contributed by atoms with Crippen LogP contribution < -0.4 is 10.4 Å². The minimum absolute atomic E-state index is 0.0732. The third-order valence-electron chi connectivity index (χ3n) is 6.96. The maximum absolute atomic E-state index is 16.2. The van der Waals surface area contributed by atoms with E-state index < -0.39 is 43.4 Å². The van der Waals surface area contributed by atoms with E-state index in [-0.39, 0.29) is 30.1 Å². The van der Waals surface area contributed by atoms with Crippen LogP contribution in [-0.4, -0.2) is 63.2 Å². The van der Waals surface area contributed by atoms with Crippen LogP contribution in [0.4, 0.5) is 10.2 Å². The average molecular weight is 622 g/mol. The zero-order valence-electron chi connectivity index (χ0n) is 24.0. The largest absolute Gasteiger partial charge is 0.462 e. The summed E-state index contributed by atoms with van der Waals surface area (Å²) in [4.78, 5) is 25.1. The van der Waals surface area contributed by atoms with Gasteiger partial charge in [0, 0.05) is 25.0 Å². The first kappa shape index (κ1) is 31.8. The van der Waals surface area contributed by atoms with E-state index in [0.717, 1.165) is 5.56 Å². The number of nitrogens with one attached hydrogen (secondary N) is 2. The number of carbonyl (C=O) groups excluding carboxylic acids is 1. The summed E-state index contributed by atoms with van der Waals surface area (Å²) in [6.45, 7) is 7.92. The highest BCUT2D eigenvalue weighted by atomic mass is 35.5. The lowest BCUT2D eigenvalue weighted by Gasteiger charge is -2.29. The van der Waals surface area contributed by atoms with Crippen LogP contribution in [0.15, 0.2) is 36.7 Å². The van der Waals surface area contributed by atoms with Crippen LogP contribution in [0, 0.1) is 16.7 Å². The number of imidazole rings is 1. The number of esters is 1. The molecule has 4 rings (SSSR count). The molecule has 0 saturated carbocycles. The van der Waals surface area contributed by atoms with Gasteiger partial charge < -0.3 is 19.3 Å². The lowest BCUT2D eigenvalue weighted by molar-refractivity contribution is -0.149. The standard InChI is InChI=1S/C27H34ClFN7O5P/c1-16(2)40-25(37)17(3)35-42(5,38)39-14-19-27(4,11-12-30)21(29)24(41-19)36-15-32-20-22(33-26(28)34-23(20)36)31-13-18-9-7-6-8-10-18/h6-10,15-17,19,21,24H,11,13-14H2,1-5H3,(H,35,38)(H,31,33,34)/t17-,19+,21-,24+,27?,42?/m0/s1. The van der Waals surface area contributed by atoms with Crippen molar-refractivity contribution in [2.24, 2.45) is 5.41 Å². The molecule has 1 aliphatic heterocycles. The average Bonchev–Trinajstić information content (AvgIpc) is 3.44. The van der Waals surface area contributed by atoms with Gasteiger partial charge in [0.2, 0.25) is 5.28 Å². The van der Waals surface area contributed by atoms with Crippen molar-refractivity contribution >= 4 is 42.1 Å². The van der Waals surface area contributed by atoms with Crippen molar-refractivity contribution in [3.8, 4) is 6.07 Å². The van der Waals surface area contributed by atoms with Crippen molar-refractivity contribution in [1.82, 2.24) is 24.6 Å². The Kier molecular flexibility index (Phi) is 9.85. The molecular formula is C27H34ClFN7O5P. The van der Waals surface area contributed by atoms with Crippen LogP contribution >= 0.6 is 19.1 Å². The van der Waals surface area contributed by atoms with Crippen LogP contribution in [0.1, 0.15) is 45.9 Å². The summed E-state index contributed by atoms with van der Waals surface area (Å²) < 4.78 is 47.6. The molecule has 0 spiro atoms. The molecule has 1 aliphatic rings. The number of fused-ring (bicyclic) bond motifs is 1. The molecule has 0 aliphatic carbocycles. The molecule has 2 unspecified atom stereocenters. The fourth-order valence-electron chi connectivity index (χ4n) is 4.68. The van der Waals surface area contributed by atoms with Crippen molar-refractivity contribution in [3.05, 3.63) is 47.5 Å². The summed E-state index contributed by atoms with van der Waals surface area (Å²) in [5, 5.41) is 15.3. The SMILES string of the molecule is CC(C)OC(=O)[C@H](C)NP(C)(=O)OC[C@H]1O[C@@H](n2cnc3c(NCc4ccccc4)nc(Cl)nc32)[C@H](F)C1(C)CC#N. The molecule has 6 atom stereocenters. The van der Waals surface area contributed by atoms with Gasteiger partial charge in [0.25, 0.3) is 7.52 Å². The molecule has 2 N–H and O–H groups in total. The molecule has 3 aromatic rings. The van der Waals surface area contributed by atoms with Gasteiger partial charge in [0.05, 0.1) is 31.2 Å². The fourth-order valence-corrected chi connectivity index (χ4v) is 6.15. The second-order valence-corrected chi connectivity index (χ2v) is 13.3. The number of hydrogen-bond donors (Lipinski definition) is 2. The Morgan fingerprint density at radius 3 is 2.69 bits per heavy atom. The van der Waals surface area contributed by atoms with E-state index in [1.165, 1.54) is 24.5 Å². The van der Waals surface area contributed by atoms with Gasteiger partial charge in [0.1, 0.15) is 6.04 Å². The smallest absolute Gasteiger partial charge is 0.323 e. The zero-order valence-corrected chi connectivity index (χ0v) is 25.6. The van der Waals surface area contributed by atoms with Crippen molar-refractivity contribution in [2.45, 2.75) is 71.3 Å². The van der Waals surface area contributed by atoms with Gasteiger partial charge in [0.15, 0.2) is 29.4 Å². The van der Waals surface area contributed by atoms with Gasteiger partial charge in [-0.05, 0) is 37.9 Å². The molecule has 12 nitrogen and oxygen atoms in total. The molecule has 3 heterocycles. The van der Waals surface area contributed by atoms with Gasteiger partial charge >= 0.3 is 5.97 Å². The number of alkyl halides is 1. The Morgan fingerprint density at radius 2 is 2.02 bits per heavy atom. The first-order valence-corrected chi connectivity index (χ1v) is 15.8. The zero-order chi connectivity index (χ0) is 30.7. The molecule has 1 fully saturated rings. The van der Waals surface area contributed by atoms with E-state index in [9.17, 15) is 14.6 Å². The molecule has 1 aromatic carbocycles. The summed E-state index contributed by atoms with van der Waals surface area (Å²) in [6, 6.07) is 10.8. The van der Waals surface area contributed by atoms with Crippen molar-refractivity contribution in [3.63, 3.8) is 0 Å². The molecule has 1 saturated heterocycles. The van der Waals surface area contributed by atoms with Crippen LogP contribution in [0.3, 0.4) is 0 Å². The van der Waals surface area contributed by atoms with Crippen molar-refractivity contribution < 1.29 is 27.7 Å². The second-order valence-electron chi connectivity index (χ2n) is 10.7.